The molecular formula is C20H20N2O3. The Morgan fingerprint density at radius 2 is 2.00 bits per heavy atom. The summed E-state index contributed by atoms with van der Waals surface area (Å²) >= 11 is 0. The van der Waals surface area contributed by atoms with Gasteiger partial charge in [0.1, 0.15) is 12.1 Å². The third-order valence-corrected chi connectivity index (χ3v) is 3.73. The van der Waals surface area contributed by atoms with Gasteiger partial charge in [0, 0.05) is 12.8 Å². The smallest absolute Gasteiger partial charge is 0.330 e. The van der Waals surface area contributed by atoms with Gasteiger partial charge >= 0.3 is 5.97 Å². The molecule has 0 fully saturated rings. The summed E-state index contributed by atoms with van der Waals surface area (Å²) in [6.45, 7) is 3.24. The maximum Gasteiger partial charge on any atom is 0.330 e. The molecule has 0 saturated heterocycles. The Hall–Kier alpha value is -3.13. The lowest BCUT2D eigenvalue weighted by atomic mass is 10.0. The van der Waals surface area contributed by atoms with Gasteiger partial charge in [0.25, 0.3) is 0 Å². The highest BCUT2D eigenvalue weighted by atomic mass is 16.5. The molecule has 1 atom stereocenters. The van der Waals surface area contributed by atoms with E-state index in [2.05, 4.69) is 11.9 Å². The van der Waals surface area contributed by atoms with Crippen molar-refractivity contribution in [2.45, 2.75) is 25.3 Å². The molecule has 0 aromatic heterocycles. The number of hydrogen-bond donors (Lipinski definition) is 1. The highest BCUT2D eigenvalue weighted by molar-refractivity contribution is 5.86. The molecule has 5 nitrogen and oxygen atoms in total. The van der Waals surface area contributed by atoms with E-state index < -0.39 is 12.0 Å². The molecular weight excluding hydrogens is 316 g/mol. The molecule has 128 valence electrons. The number of ether oxygens (including phenoxy) is 1. The van der Waals surface area contributed by atoms with Gasteiger partial charge in [-0.1, -0.05) is 48.5 Å². The van der Waals surface area contributed by atoms with Crippen LogP contribution in [0.5, 0.6) is 0 Å². The first kappa shape index (κ1) is 18.2. The van der Waals surface area contributed by atoms with E-state index in [1.807, 2.05) is 42.5 Å². The second-order valence-corrected chi connectivity index (χ2v) is 5.60. The van der Waals surface area contributed by atoms with Crippen LogP contribution in [-0.4, -0.2) is 24.5 Å². The van der Waals surface area contributed by atoms with E-state index in [9.17, 15) is 9.59 Å². The number of allylic oxidation sites excluding steroid dienone is 1. The zero-order valence-corrected chi connectivity index (χ0v) is 13.9. The van der Waals surface area contributed by atoms with E-state index in [-0.39, 0.29) is 18.9 Å². The summed E-state index contributed by atoms with van der Waals surface area (Å²) < 4.78 is 4.88. The number of amides is 1. The van der Waals surface area contributed by atoms with Crippen LogP contribution in [0.25, 0.3) is 10.8 Å². The van der Waals surface area contributed by atoms with Crippen molar-refractivity contribution in [2.75, 3.05) is 6.61 Å². The SMILES string of the molecule is C=CCCC(=O)N[C@@H](Cc1ccc2ccccc2c1)C(=O)OCC#N. The normalized spacial score (nSPS) is 11.3. The minimum atomic E-state index is -0.827. The van der Waals surface area contributed by atoms with E-state index in [1.165, 1.54) is 0 Å². The monoisotopic (exact) mass is 336 g/mol. The predicted molar refractivity (Wildman–Crippen MR) is 95.6 cm³/mol. The Labute approximate surface area is 146 Å². The number of benzene rings is 2. The van der Waals surface area contributed by atoms with Crippen LogP contribution in [0, 0.1) is 11.3 Å². The molecule has 25 heavy (non-hydrogen) atoms. The number of carbonyl (C=O) groups is 2. The average Bonchev–Trinajstić information content (AvgIpc) is 2.63. The molecule has 0 radical (unpaired) electrons. The lowest BCUT2D eigenvalue weighted by molar-refractivity contribution is -0.146. The molecule has 2 rings (SSSR count). The van der Waals surface area contributed by atoms with Crippen LogP contribution in [0.4, 0.5) is 0 Å². The average molecular weight is 336 g/mol. The fourth-order valence-electron chi connectivity index (χ4n) is 2.50. The second-order valence-electron chi connectivity index (χ2n) is 5.60. The summed E-state index contributed by atoms with van der Waals surface area (Å²) in [7, 11) is 0. The third kappa shape index (κ3) is 5.47. The third-order valence-electron chi connectivity index (χ3n) is 3.73. The zero-order chi connectivity index (χ0) is 18.1. The van der Waals surface area contributed by atoms with E-state index in [0.29, 0.717) is 12.8 Å². The summed E-state index contributed by atoms with van der Waals surface area (Å²) in [5.41, 5.74) is 0.904. The van der Waals surface area contributed by atoms with Crippen molar-refractivity contribution in [3.63, 3.8) is 0 Å². The zero-order valence-electron chi connectivity index (χ0n) is 13.9. The molecule has 5 heteroatoms. The van der Waals surface area contributed by atoms with Gasteiger partial charge in [0.05, 0.1) is 0 Å². The van der Waals surface area contributed by atoms with Gasteiger partial charge in [0.15, 0.2) is 6.61 Å². The van der Waals surface area contributed by atoms with E-state index in [4.69, 9.17) is 10.00 Å². The molecule has 0 unspecified atom stereocenters. The van der Waals surface area contributed by atoms with Crippen molar-refractivity contribution in [1.82, 2.24) is 5.32 Å². The highest BCUT2D eigenvalue weighted by Gasteiger charge is 2.22. The van der Waals surface area contributed by atoms with Crippen molar-refractivity contribution < 1.29 is 14.3 Å². The summed E-state index contributed by atoms with van der Waals surface area (Å²) in [6.07, 6.45) is 2.73. The minimum absolute atomic E-state index is 0.250. The van der Waals surface area contributed by atoms with Gasteiger partial charge in [-0.25, -0.2) is 4.79 Å². The number of rotatable bonds is 8. The first-order valence-electron chi connectivity index (χ1n) is 8.05. The van der Waals surface area contributed by atoms with Crippen LogP contribution in [0.1, 0.15) is 18.4 Å². The largest absolute Gasteiger partial charge is 0.449 e. The topological polar surface area (TPSA) is 79.2 Å². The molecule has 0 bridgehead atoms. The number of nitrogens with zero attached hydrogens (tertiary/aromatic N) is 1. The fourth-order valence-corrected chi connectivity index (χ4v) is 2.50. The van der Waals surface area contributed by atoms with Gasteiger partial charge in [-0.3, -0.25) is 4.79 Å². The number of carbonyl (C=O) groups excluding carboxylic acids is 2. The summed E-state index contributed by atoms with van der Waals surface area (Å²) in [5, 5.41) is 13.4. The molecule has 1 N–H and O–H groups in total. The molecule has 1 amide bonds. The lowest BCUT2D eigenvalue weighted by Gasteiger charge is -2.17. The van der Waals surface area contributed by atoms with Crippen molar-refractivity contribution in [3.05, 3.63) is 60.7 Å². The lowest BCUT2D eigenvalue weighted by Crippen LogP contribution is -2.43. The maximum atomic E-state index is 12.2. The molecule has 0 spiro atoms. The number of fused-ring (bicyclic) bond motifs is 1. The van der Waals surface area contributed by atoms with Crippen LogP contribution in [0.3, 0.4) is 0 Å². The number of nitriles is 1. The van der Waals surface area contributed by atoms with Crippen molar-refractivity contribution in [1.29, 1.82) is 5.26 Å². The minimum Gasteiger partial charge on any atom is -0.449 e. The fraction of sp³-hybridized carbons (Fsp3) is 0.250. The molecule has 2 aromatic carbocycles. The van der Waals surface area contributed by atoms with Gasteiger partial charge in [-0.2, -0.15) is 5.26 Å². The van der Waals surface area contributed by atoms with Crippen LogP contribution in [-0.2, 0) is 20.7 Å². The molecule has 0 aliphatic heterocycles. The Kier molecular flexibility index (Phi) is 6.73. The van der Waals surface area contributed by atoms with Crippen molar-refractivity contribution in [3.8, 4) is 6.07 Å². The number of esters is 1. The molecule has 0 aliphatic carbocycles. The predicted octanol–water partition coefficient (Wildman–Crippen LogP) is 2.90. The van der Waals surface area contributed by atoms with E-state index in [0.717, 1.165) is 16.3 Å². The Balaban J connectivity index is 2.14. The number of nitrogens with one attached hydrogen (secondary N) is 1. The maximum absolute atomic E-state index is 12.2. The first-order valence-corrected chi connectivity index (χ1v) is 8.05. The van der Waals surface area contributed by atoms with E-state index >= 15 is 0 Å². The Bertz CT molecular complexity index is 808. The van der Waals surface area contributed by atoms with Crippen LogP contribution in [0.2, 0.25) is 0 Å². The van der Waals surface area contributed by atoms with Crippen molar-refractivity contribution in [2.24, 2.45) is 0 Å². The highest BCUT2D eigenvalue weighted by Crippen LogP contribution is 2.17. The van der Waals surface area contributed by atoms with Gasteiger partial charge in [-0.15, -0.1) is 6.58 Å². The summed E-state index contributed by atoms with van der Waals surface area (Å²) in [4.78, 5) is 24.1. The second kappa shape index (κ2) is 9.24. The van der Waals surface area contributed by atoms with Gasteiger partial charge in [0.2, 0.25) is 5.91 Å². The van der Waals surface area contributed by atoms with Crippen LogP contribution >= 0.6 is 0 Å². The molecule has 0 heterocycles. The summed E-state index contributed by atoms with van der Waals surface area (Å²) in [6, 6.07) is 14.7. The standard InChI is InChI=1S/C20H20N2O3/c1-2-3-8-19(23)22-18(20(24)25-12-11-21)14-15-9-10-16-6-4-5-7-17(16)13-15/h2,4-7,9-10,13,18H,1,3,8,12,14H2,(H,22,23)/t18-/m0/s1. The van der Waals surface area contributed by atoms with Crippen molar-refractivity contribution >= 4 is 22.6 Å². The first-order chi connectivity index (χ1) is 12.1. The Morgan fingerprint density at radius 3 is 2.72 bits per heavy atom. The quantitative estimate of drug-likeness (QED) is 0.594. The summed E-state index contributed by atoms with van der Waals surface area (Å²) in [5.74, 6) is -0.860. The van der Waals surface area contributed by atoms with Gasteiger partial charge in [-0.05, 0) is 22.8 Å². The molecule has 2 aromatic rings. The Morgan fingerprint density at radius 1 is 1.24 bits per heavy atom. The van der Waals surface area contributed by atoms with E-state index in [1.54, 1.807) is 12.1 Å². The number of hydrogen-bond acceptors (Lipinski definition) is 4. The van der Waals surface area contributed by atoms with Crippen LogP contribution < -0.4 is 5.32 Å². The molecule has 0 aliphatic rings. The van der Waals surface area contributed by atoms with Gasteiger partial charge < -0.3 is 10.1 Å². The van der Waals surface area contributed by atoms with Crippen LogP contribution in [0.15, 0.2) is 55.1 Å². The molecule has 0 saturated carbocycles.